The van der Waals surface area contributed by atoms with Gasteiger partial charge in [0.25, 0.3) is 0 Å². The van der Waals surface area contributed by atoms with Crippen LogP contribution < -0.4 is 11.1 Å². The molecular formula is C7H11ClN4S. The average molecular weight is 219 g/mol. The summed E-state index contributed by atoms with van der Waals surface area (Å²) in [6.07, 6.45) is 0. The van der Waals surface area contributed by atoms with Gasteiger partial charge in [0.05, 0.1) is 0 Å². The summed E-state index contributed by atoms with van der Waals surface area (Å²) in [6, 6.07) is 0. The molecule has 3 N–H and O–H groups in total. The predicted octanol–water partition coefficient (Wildman–Crippen LogP) is 1.57. The molecule has 0 aromatic carbocycles. The minimum atomic E-state index is 0.360. The van der Waals surface area contributed by atoms with Crippen molar-refractivity contribution in [3.63, 3.8) is 0 Å². The Morgan fingerprint density at radius 2 is 2.23 bits per heavy atom. The number of thiol groups is 1. The molecule has 0 fully saturated rings. The van der Waals surface area contributed by atoms with Crippen LogP contribution in [0.5, 0.6) is 0 Å². The van der Waals surface area contributed by atoms with Crippen LogP contribution in [-0.4, -0.2) is 16.5 Å². The van der Waals surface area contributed by atoms with Crippen molar-refractivity contribution in [2.24, 2.45) is 0 Å². The van der Waals surface area contributed by atoms with E-state index in [0.717, 1.165) is 6.54 Å². The van der Waals surface area contributed by atoms with Gasteiger partial charge in [-0.2, -0.15) is 17.6 Å². The molecule has 1 heterocycles. The van der Waals surface area contributed by atoms with E-state index in [1.54, 1.807) is 0 Å². The Hall–Kier alpha value is -0.680. The fourth-order valence-electron chi connectivity index (χ4n) is 0.856. The zero-order valence-electron chi connectivity index (χ0n) is 7.21. The molecule has 1 rings (SSSR count). The van der Waals surface area contributed by atoms with Gasteiger partial charge >= 0.3 is 0 Å². The van der Waals surface area contributed by atoms with Crippen LogP contribution in [0.3, 0.4) is 0 Å². The van der Waals surface area contributed by atoms with Gasteiger partial charge in [0.2, 0.25) is 5.95 Å². The molecule has 1 aromatic heterocycles. The fraction of sp³-hybridized carbons (Fsp3) is 0.429. The lowest BCUT2D eigenvalue weighted by Crippen LogP contribution is -2.07. The van der Waals surface area contributed by atoms with Crippen molar-refractivity contribution in [1.29, 1.82) is 0 Å². The third-order valence-corrected chi connectivity index (χ3v) is 2.11. The van der Waals surface area contributed by atoms with Gasteiger partial charge in [-0.15, -0.1) is 0 Å². The van der Waals surface area contributed by atoms with Crippen molar-refractivity contribution in [3.05, 3.63) is 10.7 Å². The summed E-state index contributed by atoms with van der Waals surface area (Å²) in [5, 5.41) is 3.29. The Morgan fingerprint density at radius 1 is 1.54 bits per heavy atom. The molecule has 0 bridgehead atoms. The van der Waals surface area contributed by atoms with Gasteiger partial charge in [0, 0.05) is 17.9 Å². The third-order valence-electron chi connectivity index (χ3n) is 1.48. The normalized spacial score (nSPS) is 10.1. The second-order valence-electron chi connectivity index (χ2n) is 2.39. The lowest BCUT2D eigenvalue weighted by atomic mass is 10.3. The highest BCUT2D eigenvalue weighted by Gasteiger charge is 2.08. The molecule has 4 nitrogen and oxygen atoms in total. The molecule has 0 spiro atoms. The molecule has 0 atom stereocenters. The van der Waals surface area contributed by atoms with Crippen molar-refractivity contribution in [2.45, 2.75) is 12.7 Å². The molecule has 0 aliphatic carbocycles. The summed E-state index contributed by atoms with van der Waals surface area (Å²) in [5.41, 5.74) is 6.31. The third kappa shape index (κ3) is 2.38. The van der Waals surface area contributed by atoms with Crippen LogP contribution in [0.1, 0.15) is 12.5 Å². The SMILES string of the molecule is CCNc1nc(N)c(CS)c(Cl)n1. The van der Waals surface area contributed by atoms with E-state index in [9.17, 15) is 0 Å². The number of nitrogens with one attached hydrogen (secondary N) is 1. The molecule has 0 saturated heterocycles. The average Bonchev–Trinajstić information content (AvgIpc) is 2.04. The fourth-order valence-corrected chi connectivity index (χ4v) is 1.50. The van der Waals surface area contributed by atoms with Crippen molar-refractivity contribution < 1.29 is 0 Å². The Labute approximate surface area is 87.3 Å². The molecule has 72 valence electrons. The van der Waals surface area contributed by atoms with Crippen LogP contribution in [0.4, 0.5) is 11.8 Å². The van der Waals surface area contributed by atoms with Crippen LogP contribution in [0.2, 0.25) is 5.15 Å². The maximum Gasteiger partial charge on any atom is 0.226 e. The van der Waals surface area contributed by atoms with E-state index < -0.39 is 0 Å². The number of hydrogen-bond acceptors (Lipinski definition) is 5. The molecule has 0 unspecified atom stereocenters. The first-order valence-electron chi connectivity index (χ1n) is 3.85. The van der Waals surface area contributed by atoms with Gasteiger partial charge in [0.15, 0.2) is 0 Å². The van der Waals surface area contributed by atoms with E-state index in [0.29, 0.717) is 28.2 Å². The van der Waals surface area contributed by atoms with E-state index in [4.69, 9.17) is 17.3 Å². The van der Waals surface area contributed by atoms with Crippen molar-refractivity contribution >= 4 is 36.0 Å². The number of nitrogen functional groups attached to an aromatic ring is 1. The first-order valence-corrected chi connectivity index (χ1v) is 4.86. The number of rotatable bonds is 3. The van der Waals surface area contributed by atoms with Gasteiger partial charge in [0.1, 0.15) is 11.0 Å². The Balaban J connectivity index is 3.05. The van der Waals surface area contributed by atoms with E-state index >= 15 is 0 Å². The summed E-state index contributed by atoms with van der Waals surface area (Å²) in [5.74, 6) is 1.28. The molecule has 0 aliphatic rings. The van der Waals surface area contributed by atoms with Crippen LogP contribution in [0, 0.1) is 0 Å². The van der Waals surface area contributed by atoms with Crippen LogP contribution in [0.25, 0.3) is 0 Å². The van der Waals surface area contributed by atoms with Gasteiger partial charge in [-0.1, -0.05) is 11.6 Å². The van der Waals surface area contributed by atoms with Gasteiger partial charge < -0.3 is 11.1 Å². The topological polar surface area (TPSA) is 63.8 Å². The van der Waals surface area contributed by atoms with E-state index in [1.807, 2.05) is 6.92 Å². The largest absolute Gasteiger partial charge is 0.383 e. The standard InChI is InChI=1S/C7H11ClN4S/c1-2-10-7-11-5(8)4(3-13)6(9)12-7/h13H,2-3H2,1H3,(H3,9,10,11,12). The molecule has 6 heteroatoms. The Morgan fingerprint density at radius 3 is 2.69 bits per heavy atom. The predicted molar refractivity (Wildman–Crippen MR) is 58.3 cm³/mol. The number of anilines is 2. The molecule has 0 amide bonds. The van der Waals surface area contributed by atoms with E-state index in [1.165, 1.54) is 0 Å². The number of aromatic nitrogens is 2. The minimum Gasteiger partial charge on any atom is -0.383 e. The molecule has 13 heavy (non-hydrogen) atoms. The van der Waals surface area contributed by atoms with E-state index in [2.05, 4.69) is 27.9 Å². The van der Waals surface area contributed by atoms with Crippen LogP contribution in [0.15, 0.2) is 0 Å². The number of nitrogens with zero attached hydrogens (tertiary/aromatic N) is 2. The first-order chi connectivity index (χ1) is 6.19. The van der Waals surface area contributed by atoms with Crippen LogP contribution in [-0.2, 0) is 5.75 Å². The monoisotopic (exact) mass is 218 g/mol. The highest BCUT2D eigenvalue weighted by Crippen LogP contribution is 2.21. The number of halogens is 1. The van der Waals surface area contributed by atoms with Crippen molar-refractivity contribution in [1.82, 2.24) is 9.97 Å². The lowest BCUT2D eigenvalue weighted by Gasteiger charge is -2.07. The molecule has 0 aliphatic heterocycles. The van der Waals surface area contributed by atoms with Crippen molar-refractivity contribution in [2.75, 3.05) is 17.6 Å². The molecule has 0 radical (unpaired) electrons. The first kappa shape index (κ1) is 10.4. The summed E-state index contributed by atoms with van der Waals surface area (Å²) < 4.78 is 0. The van der Waals surface area contributed by atoms with Gasteiger partial charge in [-0.25, -0.2) is 4.98 Å². The molecular weight excluding hydrogens is 208 g/mol. The second-order valence-corrected chi connectivity index (χ2v) is 3.06. The summed E-state index contributed by atoms with van der Waals surface area (Å²) >= 11 is 9.92. The molecule has 1 aromatic rings. The second kappa shape index (κ2) is 4.53. The Kier molecular flexibility index (Phi) is 3.62. The number of nitrogens with two attached hydrogens (primary N) is 1. The quantitative estimate of drug-likeness (QED) is 0.533. The Bertz CT molecular complexity index is 282. The molecule has 0 saturated carbocycles. The highest BCUT2D eigenvalue weighted by molar-refractivity contribution is 7.79. The maximum absolute atomic E-state index is 5.85. The van der Waals surface area contributed by atoms with Gasteiger partial charge in [-0.3, -0.25) is 0 Å². The van der Waals surface area contributed by atoms with Crippen LogP contribution >= 0.6 is 24.2 Å². The summed E-state index contributed by atoms with van der Waals surface area (Å²) in [4.78, 5) is 8.03. The number of hydrogen-bond donors (Lipinski definition) is 3. The van der Waals surface area contributed by atoms with Crippen molar-refractivity contribution in [3.8, 4) is 0 Å². The summed E-state index contributed by atoms with van der Waals surface area (Å²) in [7, 11) is 0. The zero-order valence-corrected chi connectivity index (χ0v) is 8.86. The zero-order chi connectivity index (χ0) is 9.84. The maximum atomic E-state index is 5.85. The highest BCUT2D eigenvalue weighted by atomic mass is 35.5. The smallest absolute Gasteiger partial charge is 0.226 e. The lowest BCUT2D eigenvalue weighted by molar-refractivity contribution is 1.07. The van der Waals surface area contributed by atoms with Gasteiger partial charge in [-0.05, 0) is 6.92 Å². The van der Waals surface area contributed by atoms with E-state index in [-0.39, 0.29) is 0 Å². The summed E-state index contributed by atoms with van der Waals surface area (Å²) in [6.45, 7) is 2.68. The minimum absolute atomic E-state index is 0.360.